The van der Waals surface area contributed by atoms with Crippen LogP contribution in [0.25, 0.3) is 0 Å². The lowest BCUT2D eigenvalue weighted by Crippen LogP contribution is -2.39. The fraction of sp³-hybridized carbons (Fsp3) is 0.917. The molecule has 1 heterocycles. The first kappa shape index (κ1) is 16.2. The number of nitrogens with zero attached hydrogens (tertiary/aromatic N) is 1. The van der Waals surface area contributed by atoms with Crippen molar-refractivity contribution < 1.29 is 27.4 Å². The Morgan fingerprint density at radius 3 is 2.79 bits per heavy atom. The molecule has 0 saturated carbocycles. The lowest BCUT2D eigenvalue weighted by molar-refractivity contribution is -0.174. The average Bonchev–Trinajstić information content (AvgIpc) is 2.36. The van der Waals surface area contributed by atoms with Gasteiger partial charge < -0.3 is 14.4 Å². The third kappa shape index (κ3) is 6.77. The lowest BCUT2D eigenvalue weighted by Gasteiger charge is -2.31. The Balaban J connectivity index is 2.14. The van der Waals surface area contributed by atoms with E-state index in [-0.39, 0.29) is 18.5 Å². The molecule has 1 saturated heterocycles. The molecule has 0 aromatic carbocycles. The average molecular weight is 283 g/mol. The van der Waals surface area contributed by atoms with Crippen molar-refractivity contribution in [3.05, 3.63) is 0 Å². The van der Waals surface area contributed by atoms with Crippen molar-refractivity contribution in [2.75, 3.05) is 40.0 Å². The van der Waals surface area contributed by atoms with Crippen LogP contribution in [-0.2, 0) is 14.3 Å². The first-order valence-corrected chi connectivity index (χ1v) is 6.37. The van der Waals surface area contributed by atoms with E-state index in [1.54, 1.807) is 0 Å². The molecular formula is C12H20F3NO3. The Morgan fingerprint density at radius 2 is 2.16 bits per heavy atom. The van der Waals surface area contributed by atoms with Gasteiger partial charge in [-0.25, -0.2) is 0 Å². The summed E-state index contributed by atoms with van der Waals surface area (Å²) in [5, 5.41) is 0. The minimum atomic E-state index is -4.26. The molecular weight excluding hydrogens is 263 g/mol. The normalized spacial score (nSPS) is 21.4. The summed E-state index contributed by atoms with van der Waals surface area (Å²) in [7, 11) is 1.37. The predicted molar refractivity (Wildman–Crippen MR) is 62.7 cm³/mol. The number of piperidine rings is 1. The number of esters is 1. The van der Waals surface area contributed by atoms with E-state index < -0.39 is 12.8 Å². The van der Waals surface area contributed by atoms with E-state index in [0.717, 1.165) is 19.4 Å². The van der Waals surface area contributed by atoms with Gasteiger partial charge in [0, 0.05) is 19.7 Å². The van der Waals surface area contributed by atoms with E-state index >= 15 is 0 Å². The maximum Gasteiger partial charge on any atom is 0.411 e. The summed E-state index contributed by atoms with van der Waals surface area (Å²) in [6, 6.07) is 0. The number of likely N-dealkylation sites (tertiary alicyclic amines) is 1. The van der Waals surface area contributed by atoms with Gasteiger partial charge in [0.05, 0.1) is 13.0 Å². The Bertz CT molecular complexity index is 284. The Morgan fingerprint density at radius 1 is 1.42 bits per heavy atom. The summed E-state index contributed by atoms with van der Waals surface area (Å²) in [5.41, 5.74) is 0. The largest absolute Gasteiger partial charge is 0.469 e. The van der Waals surface area contributed by atoms with Gasteiger partial charge in [0.2, 0.25) is 0 Å². The second kappa shape index (κ2) is 7.69. The van der Waals surface area contributed by atoms with Crippen LogP contribution in [0.3, 0.4) is 0 Å². The lowest BCUT2D eigenvalue weighted by atomic mass is 9.98. The fourth-order valence-electron chi connectivity index (χ4n) is 2.20. The molecule has 0 aromatic heterocycles. The number of alkyl halides is 3. The van der Waals surface area contributed by atoms with E-state index in [4.69, 9.17) is 4.74 Å². The van der Waals surface area contributed by atoms with Crippen molar-refractivity contribution >= 4 is 5.97 Å². The molecule has 0 bridgehead atoms. The predicted octanol–water partition coefficient (Wildman–Crippen LogP) is 1.84. The summed E-state index contributed by atoms with van der Waals surface area (Å²) in [4.78, 5) is 13.5. The Labute approximate surface area is 110 Å². The second-order valence-corrected chi connectivity index (χ2v) is 4.68. The number of hydrogen-bond acceptors (Lipinski definition) is 4. The van der Waals surface area contributed by atoms with Gasteiger partial charge in [-0.3, -0.25) is 4.79 Å². The van der Waals surface area contributed by atoms with Gasteiger partial charge in [0.25, 0.3) is 0 Å². The molecule has 1 atom stereocenters. The first-order valence-electron chi connectivity index (χ1n) is 6.37. The maximum atomic E-state index is 11.8. The number of carbonyl (C=O) groups excluding carboxylic acids is 1. The van der Waals surface area contributed by atoms with Gasteiger partial charge in [-0.2, -0.15) is 13.2 Å². The third-order valence-electron chi connectivity index (χ3n) is 3.07. The molecule has 4 nitrogen and oxygen atoms in total. The number of hydrogen-bond donors (Lipinski definition) is 0. The first-order chi connectivity index (χ1) is 8.92. The highest BCUT2D eigenvalue weighted by molar-refractivity contribution is 5.72. The van der Waals surface area contributed by atoms with Crippen molar-refractivity contribution in [1.29, 1.82) is 0 Å². The van der Waals surface area contributed by atoms with Gasteiger partial charge in [0.15, 0.2) is 0 Å². The summed E-state index contributed by atoms with van der Waals surface area (Å²) in [5.74, 6) is -0.326. The van der Waals surface area contributed by atoms with Crippen LogP contribution in [0.15, 0.2) is 0 Å². The molecule has 1 unspecified atom stereocenters. The van der Waals surface area contributed by atoms with Crippen LogP contribution in [0, 0.1) is 5.92 Å². The summed E-state index contributed by atoms with van der Waals surface area (Å²) >= 11 is 0. The van der Waals surface area contributed by atoms with Crippen molar-refractivity contribution in [2.45, 2.75) is 25.4 Å². The summed E-state index contributed by atoms with van der Waals surface area (Å²) in [6.45, 7) is 1.01. The number of rotatable bonds is 6. The molecule has 1 fully saturated rings. The highest BCUT2D eigenvalue weighted by atomic mass is 19.4. The van der Waals surface area contributed by atoms with E-state index in [9.17, 15) is 18.0 Å². The van der Waals surface area contributed by atoms with Crippen molar-refractivity contribution in [2.24, 2.45) is 5.92 Å². The smallest absolute Gasteiger partial charge is 0.411 e. The van der Waals surface area contributed by atoms with Crippen LogP contribution in [0.2, 0.25) is 0 Å². The van der Waals surface area contributed by atoms with Crippen LogP contribution in [0.4, 0.5) is 13.2 Å². The molecule has 0 aliphatic carbocycles. The summed E-state index contributed by atoms with van der Waals surface area (Å²) in [6.07, 6.45) is -2.01. The van der Waals surface area contributed by atoms with E-state index in [0.29, 0.717) is 19.5 Å². The van der Waals surface area contributed by atoms with E-state index in [2.05, 4.69) is 9.64 Å². The molecule has 1 aliphatic heterocycles. The maximum absolute atomic E-state index is 11.8. The quantitative estimate of drug-likeness (QED) is 0.551. The Hall–Kier alpha value is -0.820. The van der Waals surface area contributed by atoms with Crippen LogP contribution in [0.1, 0.15) is 19.3 Å². The topological polar surface area (TPSA) is 38.8 Å². The van der Waals surface area contributed by atoms with Crippen LogP contribution in [0.5, 0.6) is 0 Å². The monoisotopic (exact) mass is 283 g/mol. The van der Waals surface area contributed by atoms with Crippen LogP contribution < -0.4 is 0 Å². The molecule has 1 aliphatic rings. The molecule has 0 amide bonds. The van der Waals surface area contributed by atoms with Crippen molar-refractivity contribution in [1.82, 2.24) is 4.90 Å². The molecule has 0 spiro atoms. The minimum Gasteiger partial charge on any atom is -0.469 e. The van der Waals surface area contributed by atoms with Crippen molar-refractivity contribution in [3.8, 4) is 0 Å². The van der Waals surface area contributed by atoms with E-state index in [1.807, 2.05) is 0 Å². The summed E-state index contributed by atoms with van der Waals surface area (Å²) < 4.78 is 44.7. The van der Waals surface area contributed by atoms with Gasteiger partial charge >= 0.3 is 12.1 Å². The standard InChI is InChI=1S/C12H20F3NO3/c1-18-11(17)10-4-2-5-16(8-10)6-3-7-19-9-12(13,14)15/h10H,2-9H2,1H3. The molecule has 19 heavy (non-hydrogen) atoms. The highest BCUT2D eigenvalue weighted by Crippen LogP contribution is 2.18. The molecule has 1 rings (SSSR count). The second-order valence-electron chi connectivity index (χ2n) is 4.68. The molecule has 0 radical (unpaired) electrons. The van der Waals surface area contributed by atoms with Gasteiger partial charge in [-0.1, -0.05) is 0 Å². The molecule has 0 N–H and O–H groups in total. The molecule has 7 heteroatoms. The van der Waals surface area contributed by atoms with E-state index in [1.165, 1.54) is 7.11 Å². The van der Waals surface area contributed by atoms with Crippen LogP contribution in [-0.4, -0.2) is 57.0 Å². The van der Waals surface area contributed by atoms with Crippen molar-refractivity contribution in [3.63, 3.8) is 0 Å². The number of methoxy groups -OCH3 is 1. The van der Waals surface area contributed by atoms with Crippen LogP contribution >= 0.6 is 0 Å². The Kier molecular flexibility index (Phi) is 6.57. The van der Waals surface area contributed by atoms with Gasteiger partial charge in [-0.15, -0.1) is 0 Å². The number of ether oxygens (including phenoxy) is 2. The SMILES string of the molecule is COC(=O)C1CCCN(CCCOCC(F)(F)F)C1. The number of carbonyl (C=O) groups is 1. The van der Waals surface area contributed by atoms with Gasteiger partial charge in [-0.05, 0) is 25.8 Å². The zero-order valence-corrected chi connectivity index (χ0v) is 11.0. The zero-order chi connectivity index (χ0) is 14.3. The van der Waals surface area contributed by atoms with Gasteiger partial charge in [0.1, 0.15) is 6.61 Å². The minimum absolute atomic E-state index is 0.0822. The molecule has 112 valence electrons. The number of halogens is 3. The highest BCUT2D eigenvalue weighted by Gasteiger charge is 2.28. The molecule has 0 aromatic rings. The fourth-order valence-corrected chi connectivity index (χ4v) is 2.20. The third-order valence-corrected chi connectivity index (χ3v) is 3.07. The zero-order valence-electron chi connectivity index (χ0n) is 11.0.